The summed E-state index contributed by atoms with van der Waals surface area (Å²) in [5.74, 6) is -0.231. The van der Waals surface area contributed by atoms with Crippen molar-refractivity contribution >= 4 is 39.7 Å². The van der Waals surface area contributed by atoms with Crippen LogP contribution in [0.15, 0.2) is 53.4 Å². The number of carbonyl (C=O) groups excluding carboxylic acids is 1. The summed E-state index contributed by atoms with van der Waals surface area (Å²) in [7, 11) is -3.76. The molecule has 2 unspecified atom stereocenters. The van der Waals surface area contributed by atoms with E-state index in [-0.39, 0.29) is 35.2 Å². The van der Waals surface area contributed by atoms with Crippen LogP contribution < -0.4 is 15.8 Å². The molecule has 0 bridgehead atoms. The lowest BCUT2D eigenvalue weighted by Gasteiger charge is -2.25. The predicted octanol–water partition coefficient (Wildman–Crippen LogP) is 3.67. The van der Waals surface area contributed by atoms with Gasteiger partial charge in [0.15, 0.2) is 0 Å². The van der Waals surface area contributed by atoms with Gasteiger partial charge in [-0.15, -0.1) is 12.4 Å². The first kappa shape index (κ1) is 22.2. The number of amides is 1. The average molecular weight is 424 g/mol. The molecular weight excluding hydrogens is 398 g/mol. The van der Waals surface area contributed by atoms with Gasteiger partial charge in [0.25, 0.3) is 10.0 Å². The minimum absolute atomic E-state index is 0. The molecule has 1 saturated carbocycles. The number of halogens is 1. The van der Waals surface area contributed by atoms with Crippen LogP contribution >= 0.6 is 12.4 Å². The quantitative estimate of drug-likeness (QED) is 0.682. The van der Waals surface area contributed by atoms with Crippen molar-refractivity contribution in [2.45, 2.75) is 43.5 Å². The number of benzene rings is 2. The van der Waals surface area contributed by atoms with Crippen molar-refractivity contribution in [3.05, 3.63) is 54.1 Å². The van der Waals surface area contributed by atoms with Gasteiger partial charge in [-0.1, -0.05) is 30.7 Å². The topological polar surface area (TPSA) is 101 Å². The van der Waals surface area contributed by atoms with Crippen molar-refractivity contribution in [3.8, 4) is 0 Å². The SMILES string of the molecule is Cc1ccc(NC(=O)C2CCCC(N)C2)cc1S(=O)(=O)Nc1ccccc1.Cl. The van der Waals surface area contributed by atoms with E-state index in [2.05, 4.69) is 10.0 Å². The zero-order valence-corrected chi connectivity index (χ0v) is 17.4. The van der Waals surface area contributed by atoms with E-state index in [9.17, 15) is 13.2 Å². The number of sulfonamides is 1. The molecular formula is C20H26ClN3O3S. The summed E-state index contributed by atoms with van der Waals surface area (Å²) in [6.07, 6.45) is 3.36. The zero-order valence-electron chi connectivity index (χ0n) is 15.7. The number of carbonyl (C=O) groups is 1. The van der Waals surface area contributed by atoms with Crippen LogP contribution in [-0.2, 0) is 14.8 Å². The second-order valence-corrected chi connectivity index (χ2v) is 8.72. The minimum atomic E-state index is -3.76. The molecule has 0 spiro atoms. The van der Waals surface area contributed by atoms with Gasteiger partial charge in [-0.2, -0.15) is 0 Å². The lowest BCUT2D eigenvalue weighted by molar-refractivity contribution is -0.120. The Morgan fingerprint density at radius 3 is 2.46 bits per heavy atom. The molecule has 1 fully saturated rings. The average Bonchev–Trinajstić information content (AvgIpc) is 2.63. The van der Waals surface area contributed by atoms with E-state index in [0.717, 1.165) is 19.3 Å². The molecule has 1 aliphatic carbocycles. The van der Waals surface area contributed by atoms with Crippen LogP contribution in [0.25, 0.3) is 0 Å². The Kier molecular flexibility index (Phi) is 7.46. The van der Waals surface area contributed by atoms with Crippen molar-refractivity contribution in [2.75, 3.05) is 10.0 Å². The molecule has 4 N–H and O–H groups in total. The van der Waals surface area contributed by atoms with Gasteiger partial charge in [-0.05, 0) is 56.0 Å². The van der Waals surface area contributed by atoms with E-state index in [1.807, 2.05) is 6.07 Å². The molecule has 28 heavy (non-hydrogen) atoms. The summed E-state index contributed by atoms with van der Waals surface area (Å²) in [4.78, 5) is 12.7. The van der Waals surface area contributed by atoms with Gasteiger partial charge in [-0.3, -0.25) is 9.52 Å². The highest BCUT2D eigenvalue weighted by molar-refractivity contribution is 7.92. The van der Waals surface area contributed by atoms with Crippen LogP contribution in [0, 0.1) is 12.8 Å². The van der Waals surface area contributed by atoms with Crippen LogP contribution in [0.3, 0.4) is 0 Å². The first-order valence-corrected chi connectivity index (χ1v) is 10.6. The number of nitrogens with one attached hydrogen (secondary N) is 2. The van der Waals surface area contributed by atoms with Crippen molar-refractivity contribution in [1.29, 1.82) is 0 Å². The molecule has 6 nitrogen and oxygen atoms in total. The lowest BCUT2D eigenvalue weighted by atomic mass is 9.85. The molecule has 152 valence electrons. The number of nitrogens with two attached hydrogens (primary N) is 1. The molecule has 1 aliphatic rings. The number of rotatable bonds is 5. The Balaban J connectivity index is 0.00000280. The monoisotopic (exact) mass is 423 g/mol. The Labute approximate surface area is 172 Å². The Hall–Kier alpha value is -2.09. The van der Waals surface area contributed by atoms with Crippen LogP contribution in [0.5, 0.6) is 0 Å². The van der Waals surface area contributed by atoms with E-state index < -0.39 is 10.0 Å². The van der Waals surface area contributed by atoms with Crippen LogP contribution in [-0.4, -0.2) is 20.4 Å². The number of para-hydroxylation sites is 1. The molecule has 0 radical (unpaired) electrons. The summed E-state index contributed by atoms with van der Waals surface area (Å²) in [6, 6.07) is 13.7. The summed E-state index contributed by atoms with van der Waals surface area (Å²) < 4.78 is 28.1. The first-order valence-electron chi connectivity index (χ1n) is 9.10. The third-order valence-corrected chi connectivity index (χ3v) is 6.38. The van der Waals surface area contributed by atoms with Gasteiger partial charge in [0, 0.05) is 23.3 Å². The van der Waals surface area contributed by atoms with E-state index in [0.29, 0.717) is 23.4 Å². The zero-order chi connectivity index (χ0) is 19.4. The van der Waals surface area contributed by atoms with Crippen molar-refractivity contribution in [3.63, 3.8) is 0 Å². The van der Waals surface area contributed by atoms with Gasteiger partial charge in [0.1, 0.15) is 0 Å². The second kappa shape index (κ2) is 9.41. The number of hydrogen-bond acceptors (Lipinski definition) is 4. The Morgan fingerprint density at radius 2 is 1.79 bits per heavy atom. The van der Waals surface area contributed by atoms with Crippen molar-refractivity contribution in [1.82, 2.24) is 0 Å². The third-order valence-electron chi connectivity index (χ3n) is 4.86. The summed E-state index contributed by atoms with van der Waals surface area (Å²) >= 11 is 0. The van der Waals surface area contributed by atoms with Gasteiger partial charge < -0.3 is 11.1 Å². The van der Waals surface area contributed by atoms with Gasteiger partial charge in [-0.25, -0.2) is 8.42 Å². The Morgan fingerprint density at radius 1 is 1.07 bits per heavy atom. The highest BCUT2D eigenvalue weighted by Crippen LogP contribution is 2.26. The van der Waals surface area contributed by atoms with Crippen LogP contribution in [0.4, 0.5) is 11.4 Å². The standard InChI is InChI=1S/C20H25N3O3S.ClH/c1-14-10-11-18(22-20(24)15-6-5-7-16(21)12-15)13-19(14)27(25,26)23-17-8-3-2-4-9-17;/h2-4,8-11,13,15-16,23H,5-7,12,21H2,1H3,(H,22,24);1H. The fourth-order valence-corrected chi connectivity index (χ4v) is 4.72. The normalized spacial score (nSPS) is 19.4. The van der Waals surface area contributed by atoms with E-state index in [1.54, 1.807) is 43.3 Å². The predicted molar refractivity (Wildman–Crippen MR) is 114 cm³/mol. The van der Waals surface area contributed by atoms with E-state index >= 15 is 0 Å². The van der Waals surface area contributed by atoms with E-state index in [1.165, 1.54) is 6.07 Å². The minimum Gasteiger partial charge on any atom is -0.328 e. The highest BCUT2D eigenvalue weighted by atomic mass is 35.5. The fourth-order valence-electron chi connectivity index (χ4n) is 3.39. The molecule has 2 atom stereocenters. The fraction of sp³-hybridized carbons (Fsp3) is 0.350. The smallest absolute Gasteiger partial charge is 0.262 e. The van der Waals surface area contributed by atoms with Gasteiger partial charge in [0.2, 0.25) is 5.91 Å². The largest absolute Gasteiger partial charge is 0.328 e. The Bertz CT molecular complexity index is 920. The molecule has 0 heterocycles. The van der Waals surface area contributed by atoms with Gasteiger partial charge in [0.05, 0.1) is 4.90 Å². The molecule has 0 aliphatic heterocycles. The summed E-state index contributed by atoms with van der Waals surface area (Å²) in [6.45, 7) is 1.73. The molecule has 2 aromatic rings. The molecule has 0 aromatic heterocycles. The number of anilines is 2. The molecule has 2 aromatic carbocycles. The molecule has 3 rings (SSSR count). The molecule has 0 saturated heterocycles. The molecule has 8 heteroatoms. The van der Waals surface area contributed by atoms with E-state index in [4.69, 9.17) is 5.73 Å². The first-order chi connectivity index (χ1) is 12.8. The summed E-state index contributed by atoms with van der Waals surface area (Å²) in [5.41, 5.74) is 7.53. The van der Waals surface area contributed by atoms with Crippen LogP contribution in [0.2, 0.25) is 0 Å². The highest BCUT2D eigenvalue weighted by Gasteiger charge is 2.26. The third kappa shape index (κ3) is 5.47. The maximum Gasteiger partial charge on any atom is 0.262 e. The van der Waals surface area contributed by atoms with Gasteiger partial charge >= 0.3 is 0 Å². The maximum atomic E-state index is 12.8. The second-order valence-electron chi connectivity index (χ2n) is 7.06. The summed E-state index contributed by atoms with van der Waals surface area (Å²) in [5, 5.41) is 2.85. The molecule has 1 amide bonds. The lowest BCUT2D eigenvalue weighted by Crippen LogP contribution is -2.34. The van der Waals surface area contributed by atoms with Crippen LogP contribution in [0.1, 0.15) is 31.2 Å². The number of aryl methyl sites for hydroxylation is 1. The maximum absolute atomic E-state index is 12.8. The van der Waals surface area contributed by atoms with Crippen molar-refractivity contribution in [2.24, 2.45) is 11.7 Å². The van der Waals surface area contributed by atoms with Crippen molar-refractivity contribution < 1.29 is 13.2 Å². The number of hydrogen-bond donors (Lipinski definition) is 3.